The second-order valence-corrected chi connectivity index (χ2v) is 5.21. The average Bonchev–Trinajstić information content (AvgIpc) is 2.07. The highest BCUT2D eigenvalue weighted by molar-refractivity contribution is 6.18. The molecule has 0 nitrogen and oxygen atoms in total. The Labute approximate surface area is 92.3 Å². The van der Waals surface area contributed by atoms with E-state index in [2.05, 4.69) is 45.9 Å². The predicted octanol–water partition coefficient (Wildman–Crippen LogP) is 4.07. The molecule has 0 unspecified atom stereocenters. The van der Waals surface area contributed by atoms with Crippen molar-refractivity contribution in [2.75, 3.05) is 5.88 Å². The van der Waals surface area contributed by atoms with Gasteiger partial charge in [0.05, 0.1) is 0 Å². The quantitative estimate of drug-likeness (QED) is 0.646. The van der Waals surface area contributed by atoms with Crippen LogP contribution in [0.5, 0.6) is 0 Å². The van der Waals surface area contributed by atoms with Crippen molar-refractivity contribution in [2.45, 2.75) is 39.5 Å². The number of aryl methyl sites for hydroxylation is 2. The molecule has 78 valence electrons. The SMILES string of the molecule is Cc1cc(C(C)(C)C)ccc1CCCl. The van der Waals surface area contributed by atoms with E-state index in [0.717, 1.165) is 6.42 Å². The Morgan fingerprint density at radius 2 is 1.86 bits per heavy atom. The van der Waals surface area contributed by atoms with Crippen LogP contribution >= 0.6 is 11.6 Å². The van der Waals surface area contributed by atoms with Gasteiger partial charge in [-0.25, -0.2) is 0 Å². The van der Waals surface area contributed by atoms with Crippen LogP contribution in [0.25, 0.3) is 0 Å². The van der Waals surface area contributed by atoms with Gasteiger partial charge >= 0.3 is 0 Å². The molecule has 0 bridgehead atoms. The van der Waals surface area contributed by atoms with Gasteiger partial charge in [-0.3, -0.25) is 0 Å². The molecule has 0 saturated carbocycles. The number of benzene rings is 1. The third kappa shape index (κ3) is 2.75. The average molecular weight is 211 g/mol. The van der Waals surface area contributed by atoms with Crippen LogP contribution in [0.15, 0.2) is 18.2 Å². The molecule has 1 rings (SSSR count). The highest BCUT2D eigenvalue weighted by atomic mass is 35.5. The maximum absolute atomic E-state index is 5.74. The molecule has 0 heterocycles. The summed E-state index contributed by atoms with van der Waals surface area (Å²) in [7, 11) is 0. The van der Waals surface area contributed by atoms with Gasteiger partial charge in [0.25, 0.3) is 0 Å². The molecular weight excluding hydrogens is 192 g/mol. The molecule has 14 heavy (non-hydrogen) atoms. The Morgan fingerprint density at radius 1 is 1.21 bits per heavy atom. The highest BCUT2D eigenvalue weighted by Crippen LogP contribution is 2.24. The lowest BCUT2D eigenvalue weighted by Crippen LogP contribution is -2.11. The summed E-state index contributed by atoms with van der Waals surface area (Å²) in [6, 6.07) is 6.70. The molecule has 0 saturated heterocycles. The minimum atomic E-state index is 0.240. The van der Waals surface area contributed by atoms with Gasteiger partial charge in [0.1, 0.15) is 0 Å². The predicted molar refractivity (Wildman–Crippen MR) is 64.3 cm³/mol. The van der Waals surface area contributed by atoms with Crippen molar-refractivity contribution in [3.63, 3.8) is 0 Å². The Kier molecular flexibility index (Phi) is 3.60. The molecule has 0 atom stereocenters. The van der Waals surface area contributed by atoms with E-state index in [9.17, 15) is 0 Å². The van der Waals surface area contributed by atoms with Crippen LogP contribution in [-0.2, 0) is 11.8 Å². The van der Waals surface area contributed by atoms with Crippen molar-refractivity contribution in [1.29, 1.82) is 0 Å². The summed E-state index contributed by atoms with van der Waals surface area (Å²) >= 11 is 5.74. The lowest BCUT2D eigenvalue weighted by atomic mass is 9.85. The Bertz CT molecular complexity index is 308. The van der Waals surface area contributed by atoms with E-state index in [1.54, 1.807) is 0 Å². The zero-order chi connectivity index (χ0) is 10.8. The van der Waals surface area contributed by atoms with Gasteiger partial charge in [0.15, 0.2) is 0 Å². The standard InChI is InChI=1S/C13H19Cl/c1-10-9-12(13(2,3)4)6-5-11(10)7-8-14/h5-6,9H,7-8H2,1-4H3. The first-order chi connectivity index (χ1) is 6.45. The summed E-state index contributed by atoms with van der Waals surface area (Å²) in [4.78, 5) is 0. The van der Waals surface area contributed by atoms with Crippen molar-refractivity contribution >= 4 is 11.6 Å². The van der Waals surface area contributed by atoms with Crippen molar-refractivity contribution < 1.29 is 0 Å². The van der Waals surface area contributed by atoms with Crippen molar-refractivity contribution in [3.05, 3.63) is 34.9 Å². The van der Waals surface area contributed by atoms with Crippen LogP contribution in [0.4, 0.5) is 0 Å². The molecule has 0 aliphatic carbocycles. The first-order valence-electron chi connectivity index (χ1n) is 5.11. The fourth-order valence-electron chi connectivity index (χ4n) is 1.54. The lowest BCUT2D eigenvalue weighted by molar-refractivity contribution is 0.589. The first-order valence-corrected chi connectivity index (χ1v) is 5.64. The van der Waals surface area contributed by atoms with E-state index in [1.807, 2.05) is 0 Å². The van der Waals surface area contributed by atoms with Crippen molar-refractivity contribution in [1.82, 2.24) is 0 Å². The lowest BCUT2D eigenvalue weighted by Gasteiger charge is -2.20. The molecule has 1 aromatic rings. The van der Waals surface area contributed by atoms with Gasteiger partial charge in [-0.15, -0.1) is 11.6 Å². The van der Waals surface area contributed by atoms with Crippen LogP contribution < -0.4 is 0 Å². The van der Waals surface area contributed by atoms with Crippen molar-refractivity contribution in [2.24, 2.45) is 0 Å². The highest BCUT2D eigenvalue weighted by Gasteiger charge is 2.13. The molecule has 0 fully saturated rings. The molecule has 0 N–H and O–H groups in total. The summed E-state index contributed by atoms with van der Waals surface area (Å²) in [6.07, 6.45) is 0.970. The normalized spacial score (nSPS) is 11.8. The number of alkyl halides is 1. The minimum Gasteiger partial charge on any atom is -0.126 e. The van der Waals surface area contributed by atoms with Crippen LogP contribution in [-0.4, -0.2) is 5.88 Å². The zero-order valence-corrected chi connectivity index (χ0v) is 10.3. The molecular formula is C13H19Cl. The molecule has 0 aliphatic rings. The molecule has 0 amide bonds. The van der Waals surface area contributed by atoms with Crippen LogP contribution in [0.3, 0.4) is 0 Å². The van der Waals surface area contributed by atoms with E-state index in [4.69, 9.17) is 11.6 Å². The summed E-state index contributed by atoms with van der Waals surface area (Å²) in [5.41, 5.74) is 4.36. The third-order valence-corrected chi connectivity index (χ3v) is 2.76. The summed E-state index contributed by atoms with van der Waals surface area (Å²) in [5.74, 6) is 0.704. The minimum absolute atomic E-state index is 0.240. The monoisotopic (exact) mass is 210 g/mol. The Morgan fingerprint density at radius 3 is 2.29 bits per heavy atom. The van der Waals surface area contributed by atoms with E-state index < -0.39 is 0 Å². The van der Waals surface area contributed by atoms with Gasteiger partial charge in [-0.05, 0) is 35.4 Å². The molecule has 1 aromatic carbocycles. The zero-order valence-electron chi connectivity index (χ0n) is 9.52. The van der Waals surface area contributed by atoms with Gasteiger partial charge in [0, 0.05) is 5.88 Å². The second kappa shape index (κ2) is 4.35. The van der Waals surface area contributed by atoms with E-state index >= 15 is 0 Å². The van der Waals surface area contributed by atoms with Crippen LogP contribution in [0.1, 0.15) is 37.5 Å². The third-order valence-electron chi connectivity index (χ3n) is 2.57. The number of rotatable bonds is 2. The van der Waals surface area contributed by atoms with E-state index in [-0.39, 0.29) is 5.41 Å². The van der Waals surface area contributed by atoms with Crippen molar-refractivity contribution in [3.8, 4) is 0 Å². The molecule has 0 radical (unpaired) electrons. The first kappa shape index (κ1) is 11.6. The molecule has 0 aromatic heterocycles. The fraction of sp³-hybridized carbons (Fsp3) is 0.538. The maximum Gasteiger partial charge on any atom is 0.0264 e. The molecule has 0 spiro atoms. The maximum atomic E-state index is 5.74. The number of halogens is 1. The number of hydrogen-bond acceptors (Lipinski definition) is 0. The van der Waals surface area contributed by atoms with E-state index in [0.29, 0.717) is 5.88 Å². The summed E-state index contributed by atoms with van der Waals surface area (Å²) < 4.78 is 0. The Hall–Kier alpha value is -0.490. The molecule has 0 aliphatic heterocycles. The van der Waals surface area contributed by atoms with Gasteiger partial charge in [0.2, 0.25) is 0 Å². The smallest absolute Gasteiger partial charge is 0.0264 e. The second-order valence-electron chi connectivity index (χ2n) is 4.83. The van der Waals surface area contributed by atoms with E-state index in [1.165, 1.54) is 16.7 Å². The van der Waals surface area contributed by atoms with Gasteiger partial charge in [-0.2, -0.15) is 0 Å². The number of hydrogen-bond donors (Lipinski definition) is 0. The van der Waals surface area contributed by atoms with Gasteiger partial charge < -0.3 is 0 Å². The van der Waals surface area contributed by atoms with Crippen LogP contribution in [0.2, 0.25) is 0 Å². The Balaban J connectivity index is 3.01. The molecule has 1 heteroatoms. The largest absolute Gasteiger partial charge is 0.126 e. The van der Waals surface area contributed by atoms with Gasteiger partial charge in [-0.1, -0.05) is 39.0 Å². The summed E-state index contributed by atoms with van der Waals surface area (Å²) in [5, 5.41) is 0. The fourth-order valence-corrected chi connectivity index (χ4v) is 1.75. The summed E-state index contributed by atoms with van der Waals surface area (Å²) in [6.45, 7) is 8.88. The van der Waals surface area contributed by atoms with Crippen LogP contribution in [0, 0.1) is 6.92 Å². The topological polar surface area (TPSA) is 0 Å².